The van der Waals surface area contributed by atoms with Gasteiger partial charge in [-0.25, -0.2) is 9.78 Å². The molecule has 27 heavy (non-hydrogen) atoms. The molecule has 0 radical (unpaired) electrons. The largest absolute Gasteiger partial charge is 0.465 e. The fourth-order valence-electron chi connectivity index (χ4n) is 2.86. The van der Waals surface area contributed by atoms with E-state index in [-0.39, 0.29) is 12.5 Å². The van der Waals surface area contributed by atoms with Crippen molar-refractivity contribution in [1.29, 1.82) is 0 Å². The molecule has 0 atom stereocenters. The number of amides is 1. The van der Waals surface area contributed by atoms with Crippen molar-refractivity contribution in [3.8, 4) is 0 Å². The summed E-state index contributed by atoms with van der Waals surface area (Å²) in [6.07, 6.45) is 0. The molecule has 0 bridgehead atoms. The van der Waals surface area contributed by atoms with Crippen LogP contribution >= 0.6 is 0 Å². The summed E-state index contributed by atoms with van der Waals surface area (Å²) in [7, 11) is 5.26. The number of carbonyl (C=O) groups is 2. The van der Waals surface area contributed by atoms with Crippen LogP contribution in [0.4, 0.5) is 5.69 Å². The molecule has 3 aromatic rings. The number of carbonyl (C=O) groups excluding carboxylic acids is 2. The van der Waals surface area contributed by atoms with E-state index in [0.717, 1.165) is 16.9 Å². The zero-order chi connectivity index (χ0) is 19.4. The maximum Gasteiger partial charge on any atom is 0.337 e. The Kier molecular flexibility index (Phi) is 5.52. The van der Waals surface area contributed by atoms with E-state index in [9.17, 15) is 9.59 Å². The molecule has 0 aliphatic carbocycles. The molecule has 0 fully saturated rings. The number of para-hydroxylation sites is 2. The summed E-state index contributed by atoms with van der Waals surface area (Å²) in [5.74, 6) is 0.257. The average molecular weight is 366 g/mol. The molecule has 0 aliphatic rings. The third-order valence-electron chi connectivity index (χ3n) is 4.08. The average Bonchev–Trinajstić information content (AvgIpc) is 2.98. The Bertz CT molecular complexity index is 961. The van der Waals surface area contributed by atoms with Crippen molar-refractivity contribution >= 4 is 28.6 Å². The van der Waals surface area contributed by atoms with Crippen LogP contribution in [0, 0.1) is 0 Å². The molecule has 0 saturated carbocycles. The van der Waals surface area contributed by atoms with Gasteiger partial charge in [-0.15, -0.1) is 0 Å². The van der Waals surface area contributed by atoms with Crippen molar-refractivity contribution in [2.24, 2.45) is 0 Å². The van der Waals surface area contributed by atoms with Crippen molar-refractivity contribution in [2.75, 3.05) is 26.5 Å². The molecule has 1 aromatic heterocycles. The Labute approximate surface area is 157 Å². The molecule has 140 valence electrons. The van der Waals surface area contributed by atoms with E-state index in [1.54, 1.807) is 24.3 Å². The highest BCUT2D eigenvalue weighted by molar-refractivity contribution is 5.93. The number of hydrogen-bond donors (Lipinski definition) is 1. The fourth-order valence-corrected chi connectivity index (χ4v) is 2.86. The third kappa shape index (κ3) is 4.32. The normalized spacial score (nSPS) is 11.0. The van der Waals surface area contributed by atoms with E-state index in [2.05, 4.69) is 15.0 Å². The smallest absolute Gasteiger partial charge is 0.337 e. The maximum absolute atomic E-state index is 12.6. The highest BCUT2D eigenvalue weighted by Crippen LogP contribution is 2.17. The molecule has 0 aliphatic heterocycles. The van der Waals surface area contributed by atoms with E-state index in [1.807, 2.05) is 47.8 Å². The lowest BCUT2D eigenvalue weighted by Gasteiger charge is -2.13. The molecular formula is C20H22N4O3. The molecule has 0 spiro atoms. The molecule has 3 rings (SSSR count). The minimum absolute atomic E-state index is 0.155. The van der Waals surface area contributed by atoms with Crippen LogP contribution in [0.1, 0.15) is 16.2 Å². The second-order valence-corrected chi connectivity index (χ2v) is 6.46. The standard InChI is InChI=1S/C20H22N4O3/c1-23(2)12-18-22-16-6-4-5-7-17(16)24(18)13-19(25)21-15-10-8-14(9-11-15)20(26)27-3/h4-11H,12-13H2,1-3H3,(H,21,25). The number of hydrogen-bond acceptors (Lipinski definition) is 5. The van der Waals surface area contributed by atoms with Gasteiger partial charge in [-0.05, 0) is 50.5 Å². The summed E-state index contributed by atoms with van der Waals surface area (Å²) in [4.78, 5) is 30.7. The topological polar surface area (TPSA) is 76.5 Å². The SMILES string of the molecule is COC(=O)c1ccc(NC(=O)Cn2c(CN(C)C)nc3ccccc32)cc1. The molecule has 7 nitrogen and oxygen atoms in total. The number of rotatable bonds is 6. The van der Waals surface area contributed by atoms with Crippen molar-refractivity contribution in [1.82, 2.24) is 14.5 Å². The Morgan fingerprint density at radius 2 is 1.81 bits per heavy atom. The number of methoxy groups -OCH3 is 1. The van der Waals surface area contributed by atoms with Crippen LogP contribution in [0.3, 0.4) is 0 Å². The van der Waals surface area contributed by atoms with Crippen LogP contribution in [-0.2, 0) is 22.6 Å². The van der Waals surface area contributed by atoms with Gasteiger partial charge in [0, 0.05) is 5.69 Å². The quantitative estimate of drug-likeness (QED) is 0.679. The predicted octanol–water partition coefficient (Wildman–Crippen LogP) is 2.52. The summed E-state index contributed by atoms with van der Waals surface area (Å²) in [6.45, 7) is 0.790. The van der Waals surface area contributed by atoms with Gasteiger partial charge in [0.1, 0.15) is 12.4 Å². The van der Waals surface area contributed by atoms with E-state index < -0.39 is 5.97 Å². The van der Waals surface area contributed by atoms with Gasteiger partial charge in [0.05, 0.1) is 30.3 Å². The summed E-state index contributed by atoms with van der Waals surface area (Å²) in [5.41, 5.74) is 2.84. The van der Waals surface area contributed by atoms with Crippen LogP contribution < -0.4 is 5.32 Å². The highest BCUT2D eigenvalue weighted by Gasteiger charge is 2.14. The van der Waals surface area contributed by atoms with Gasteiger partial charge in [-0.3, -0.25) is 4.79 Å². The number of nitrogens with zero attached hydrogens (tertiary/aromatic N) is 3. The molecule has 2 aromatic carbocycles. The number of esters is 1. The molecule has 1 amide bonds. The molecule has 1 N–H and O–H groups in total. The first-order valence-corrected chi connectivity index (χ1v) is 8.55. The lowest BCUT2D eigenvalue weighted by atomic mass is 10.2. The third-order valence-corrected chi connectivity index (χ3v) is 4.08. The van der Waals surface area contributed by atoms with Crippen molar-refractivity contribution in [3.63, 3.8) is 0 Å². The number of benzene rings is 2. The second kappa shape index (κ2) is 8.01. The van der Waals surface area contributed by atoms with Crippen LogP contribution in [0.2, 0.25) is 0 Å². The molecule has 0 saturated heterocycles. The lowest BCUT2D eigenvalue weighted by molar-refractivity contribution is -0.116. The number of aromatic nitrogens is 2. The number of ether oxygens (including phenoxy) is 1. The van der Waals surface area contributed by atoms with Crippen molar-refractivity contribution in [3.05, 3.63) is 59.9 Å². The zero-order valence-electron chi connectivity index (χ0n) is 15.6. The van der Waals surface area contributed by atoms with Crippen molar-refractivity contribution < 1.29 is 14.3 Å². The van der Waals surface area contributed by atoms with Gasteiger partial charge >= 0.3 is 5.97 Å². The molecule has 7 heteroatoms. The maximum atomic E-state index is 12.6. The lowest BCUT2D eigenvalue weighted by Crippen LogP contribution is -2.22. The van der Waals surface area contributed by atoms with Gasteiger partial charge in [0.15, 0.2) is 0 Å². The van der Waals surface area contributed by atoms with E-state index in [0.29, 0.717) is 17.8 Å². The van der Waals surface area contributed by atoms with E-state index in [4.69, 9.17) is 0 Å². The number of anilines is 1. The predicted molar refractivity (Wildman–Crippen MR) is 104 cm³/mol. The second-order valence-electron chi connectivity index (χ2n) is 6.46. The number of fused-ring (bicyclic) bond motifs is 1. The fraction of sp³-hybridized carbons (Fsp3) is 0.250. The Morgan fingerprint density at radius 3 is 2.48 bits per heavy atom. The van der Waals surface area contributed by atoms with Gasteiger partial charge in [0.2, 0.25) is 5.91 Å². The monoisotopic (exact) mass is 366 g/mol. The van der Waals surface area contributed by atoms with Crippen molar-refractivity contribution in [2.45, 2.75) is 13.1 Å². The van der Waals surface area contributed by atoms with Gasteiger partial charge < -0.3 is 19.5 Å². The Hall–Kier alpha value is -3.19. The minimum atomic E-state index is -0.411. The molecule has 1 heterocycles. The van der Waals surface area contributed by atoms with Crippen LogP contribution in [0.25, 0.3) is 11.0 Å². The zero-order valence-corrected chi connectivity index (χ0v) is 15.6. The first-order valence-electron chi connectivity index (χ1n) is 8.55. The van der Waals surface area contributed by atoms with Gasteiger partial charge in [-0.1, -0.05) is 12.1 Å². The van der Waals surface area contributed by atoms with E-state index in [1.165, 1.54) is 7.11 Å². The summed E-state index contributed by atoms with van der Waals surface area (Å²) >= 11 is 0. The Balaban J connectivity index is 1.78. The van der Waals surface area contributed by atoms with Crippen LogP contribution in [0.5, 0.6) is 0 Å². The summed E-state index contributed by atoms with van der Waals surface area (Å²) in [5, 5.41) is 2.86. The van der Waals surface area contributed by atoms with Crippen LogP contribution in [-0.4, -0.2) is 47.5 Å². The first-order chi connectivity index (χ1) is 13.0. The molecule has 0 unspecified atom stereocenters. The minimum Gasteiger partial charge on any atom is -0.465 e. The first kappa shape index (κ1) is 18.6. The van der Waals surface area contributed by atoms with Gasteiger partial charge in [-0.2, -0.15) is 0 Å². The number of imidazole rings is 1. The summed E-state index contributed by atoms with van der Waals surface area (Å²) < 4.78 is 6.60. The van der Waals surface area contributed by atoms with Gasteiger partial charge in [0.25, 0.3) is 0 Å². The number of nitrogens with one attached hydrogen (secondary N) is 1. The van der Waals surface area contributed by atoms with E-state index >= 15 is 0 Å². The highest BCUT2D eigenvalue weighted by atomic mass is 16.5. The van der Waals surface area contributed by atoms with Crippen LogP contribution in [0.15, 0.2) is 48.5 Å². The summed E-state index contributed by atoms with van der Waals surface area (Å²) in [6, 6.07) is 14.4. The molecular weight excluding hydrogens is 344 g/mol. The Morgan fingerprint density at radius 1 is 1.11 bits per heavy atom.